The fraction of sp³-hybridized carbons (Fsp3) is 0.222. The quantitative estimate of drug-likeness (QED) is 0.311. The number of allylic oxidation sites excluding steroid dienone is 2. The Kier molecular flexibility index (Phi) is 9.62. The number of nitrogens with one attached hydrogen (secondary N) is 2. The Balaban J connectivity index is 1.90. The zero-order chi connectivity index (χ0) is 26.1. The molecule has 0 radical (unpaired) electrons. The van der Waals surface area contributed by atoms with Crippen molar-refractivity contribution in [2.75, 3.05) is 24.3 Å². The number of carbonyl (C=O) groups excluding carboxylic acids is 2. The normalized spacial score (nSPS) is 15.0. The molecule has 1 amide bonds. The van der Waals surface area contributed by atoms with Gasteiger partial charge in [-0.1, -0.05) is 54.2 Å². The van der Waals surface area contributed by atoms with Crippen LogP contribution in [-0.2, 0) is 14.3 Å². The predicted octanol–water partition coefficient (Wildman–Crippen LogP) is 5.54. The highest BCUT2D eigenvalue weighted by atomic mass is 35.5. The third-order valence-corrected chi connectivity index (χ3v) is 6.43. The fourth-order valence-corrected chi connectivity index (χ4v) is 4.75. The van der Waals surface area contributed by atoms with Crippen LogP contribution in [0.25, 0.3) is 0 Å². The first-order valence-corrected chi connectivity index (χ1v) is 12.5. The number of carbonyl (C=O) groups is 2. The number of anilines is 1. The van der Waals surface area contributed by atoms with E-state index in [1.165, 1.54) is 17.8 Å². The average Bonchev–Trinajstić information content (AvgIpc) is 2.86. The van der Waals surface area contributed by atoms with Crippen LogP contribution in [0.2, 0.25) is 5.02 Å². The third-order valence-electron chi connectivity index (χ3n) is 5.18. The van der Waals surface area contributed by atoms with Crippen molar-refractivity contribution in [3.05, 3.63) is 93.6 Å². The molecule has 1 aliphatic rings. The van der Waals surface area contributed by atoms with Crippen molar-refractivity contribution in [3.63, 3.8) is 0 Å². The van der Waals surface area contributed by atoms with Gasteiger partial charge in [0.05, 0.1) is 40.5 Å². The Hall–Kier alpha value is -3.67. The zero-order valence-electron chi connectivity index (χ0n) is 20.0. The second-order valence-electron chi connectivity index (χ2n) is 7.69. The Morgan fingerprint density at radius 1 is 1.28 bits per heavy atom. The van der Waals surface area contributed by atoms with Gasteiger partial charge in [-0.25, -0.2) is 4.79 Å². The number of rotatable bonds is 10. The topological polar surface area (TPSA) is 100 Å². The molecule has 0 unspecified atom stereocenters. The first kappa shape index (κ1) is 26.9. The van der Waals surface area contributed by atoms with Crippen molar-refractivity contribution in [3.8, 4) is 11.8 Å². The van der Waals surface area contributed by atoms with Crippen LogP contribution in [0, 0.1) is 11.3 Å². The molecule has 36 heavy (non-hydrogen) atoms. The van der Waals surface area contributed by atoms with Crippen LogP contribution in [0.4, 0.5) is 5.69 Å². The number of benzene rings is 2. The van der Waals surface area contributed by atoms with Crippen molar-refractivity contribution < 1.29 is 19.1 Å². The molecule has 0 saturated carbocycles. The summed E-state index contributed by atoms with van der Waals surface area (Å²) in [5.74, 6) is -0.762. The molecular weight excluding hydrogens is 498 g/mol. The molecule has 2 aromatic carbocycles. The van der Waals surface area contributed by atoms with Gasteiger partial charge in [-0.3, -0.25) is 4.79 Å². The second-order valence-corrected chi connectivity index (χ2v) is 9.11. The fourth-order valence-electron chi connectivity index (χ4n) is 3.67. The van der Waals surface area contributed by atoms with Crippen LogP contribution in [0.15, 0.2) is 83.1 Å². The Labute approximate surface area is 219 Å². The number of halogens is 1. The van der Waals surface area contributed by atoms with Gasteiger partial charge in [-0.15, -0.1) is 0 Å². The number of amides is 1. The van der Waals surface area contributed by atoms with Gasteiger partial charge in [0.25, 0.3) is 0 Å². The van der Waals surface area contributed by atoms with Gasteiger partial charge < -0.3 is 20.1 Å². The predicted molar refractivity (Wildman–Crippen MR) is 143 cm³/mol. The summed E-state index contributed by atoms with van der Waals surface area (Å²) in [6.45, 7) is 7.79. The van der Waals surface area contributed by atoms with Crippen molar-refractivity contribution in [2.24, 2.45) is 0 Å². The number of nitriles is 1. The summed E-state index contributed by atoms with van der Waals surface area (Å²) < 4.78 is 10.9. The Morgan fingerprint density at radius 2 is 2.03 bits per heavy atom. The van der Waals surface area contributed by atoms with Gasteiger partial charge in [-0.05, 0) is 49.7 Å². The summed E-state index contributed by atoms with van der Waals surface area (Å²) in [7, 11) is 0. The number of nitrogens with zero attached hydrogens (tertiary/aromatic N) is 1. The molecule has 1 atom stereocenters. The third kappa shape index (κ3) is 6.72. The minimum Gasteiger partial charge on any atom is -0.494 e. The average molecular weight is 524 g/mol. The number of dihydropyridines is 1. The number of hydrogen-bond acceptors (Lipinski definition) is 7. The van der Waals surface area contributed by atoms with E-state index in [1.807, 2.05) is 19.1 Å². The molecule has 0 fully saturated rings. The van der Waals surface area contributed by atoms with Gasteiger partial charge in [-0.2, -0.15) is 5.26 Å². The van der Waals surface area contributed by atoms with Crippen LogP contribution in [-0.4, -0.2) is 30.8 Å². The van der Waals surface area contributed by atoms with E-state index < -0.39 is 11.9 Å². The molecule has 1 aliphatic heterocycles. The van der Waals surface area contributed by atoms with Gasteiger partial charge in [0.1, 0.15) is 12.4 Å². The largest absolute Gasteiger partial charge is 0.494 e. The van der Waals surface area contributed by atoms with Crippen molar-refractivity contribution in [1.29, 1.82) is 5.26 Å². The summed E-state index contributed by atoms with van der Waals surface area (Å²) in [5.41, 5.74) is 2.48. The van der Waals surface area contributed by atoms with Crippen molar-refractivity contribution in [1.82, 2.24) is 5.32 Å². The lowest BCUT2D eigenvalue weighted by molar-refractivity contribution is -0.138. The minimum atomic E-state index is -0.678. The molecule has 0 saturated heterocycles. The van der Waals surface area contributed by atoms with Crippen LogP contribution >= 0.6 is 23.4 Å². The molecule has 0 aromatic heterocycles. The first-order valence-electron chi connectivity index (χ1n) is 11.2. The van der Waals surface area contributed by atoms with Crippen molar-refractivity contribution >= 4 is 40.9 Å². The van der Waals surface area contributed by atoms with E-state index in [0.717, 1.165) is 5.56 Å². The van der Waals surface area contributed by atoms with Crippen molar-refractivity contribution in [2.45, 2.75) is 19.8 Å². The molecule has 3 rings (SSSR count). The number of esters is 1. The maximum absolute atomic E-state index is 13.0. The molecule has 9 heteroatoms. The van der Waals surface area contributed by atoms with Crippen LogP contribution in [0.3, 0.4) is 0 Å². The molecule has 0 aliphatic carbocycles. The van der Waals surface area contributed by atoms with E-state index in [4.69, 9.17) is 21.1 Å². The molecular formula is C27H26ClN3O4S. The summed E-state index contributed by atoms with van der Waals surface area (Å²) in [6, 6.07) is 16.3. The Morgan fingerprint density at radius 3 is 2.67 bits per heavy atom. The molecule has 2 N–H and O–H groups in total. The standard InChI is InChI=1S/C27H26ClN3O4S/c1-4-13-35-27(33)24-17(3)30-26(36-16-23(32)31-20-8-6-7-19(28)14-20)22(15-29)25(24)18-9-11-21(12-10-18)34-5-2/h4,6-12,14,25,30H,1,5,13,16H2,2-3H3,(H,31,32)/t25-/m1/s1. The molecule has 2 aromatic rings. The monoisotopic (exact) mass is 523 g/mol. The lowest BCUT2D eigenvalue weighted by Gasteiger charge is -2.29. The van der Waals surface area contributed by atoms with Crippen LogP contribution in [0.1, 0.15) is 25.3 Å². The molecule has 0 spiro atoms. The summed E-state index contributed by atoms with van der Waals surface area (Å²) in [4.78, 5) is 25.5. The molecule has 0 bridgehead atoms. The highest BCUT2D eigenvalue weighted by Gasteiger charge is 2.35. The summed E-state index contributed by atoms with van der Waals surface area (Å²) in [6.07, 6.45) is 1.48. The van der Waals surface area contributed by atoms with E-state index in [0.29, 0.717) is 44.9 Å². The smallest absolute Gasteiger partial charge is 0.337 e. The minimum absolute atomic E-state index is 0.0412. The highest BCUT2D eigenvalue weighted by molar-refractivity contribution is 8.03. The van der Waals surface area contributed by atoms with E-state index in [2.05, 4.69) is 23.3 Å². The zero-order valence-corrected chi connectivity index (χ0v) is 21.5. The molecule has 7 nitrogen and oxygen atoms in total. The summed E-state index contributed by atoms with van der Waals surface area (Å²) >= 11 is 7.17. The lowest BCUT2D eigenvalue weighted by Crippen LogP contribution is -2.29. The number of ether oxygens (including phenoxy) is 2. The van der Waals surface area contributed by atoms with E-state index in [-0.39, 0.29) is 18.3 Å². The SMILES string of the molecule is C=CCOC(=O)C1=C(C)NC(SCC(=O)Nc2cccc(Cl)c2)=C(C#N)[C@H]1c1ccc(OCC)cc1. The Bertz CT molecular complexity index is 1250. The van der Waals surface area contributed by atoms with Crippen LogP contribution < -0.4 is 15.4 Å². The molecule has 1 heterocycles. The first-order chi connectivity index (χ1) is 17.4. The van der Waals surface area contributed by atoms with E-state index in [1.54, 1.807) is 43.3 Å². The molecule has 186 valence electrons. The maximum atomic E-state index is 13.0. The second kappa shape index (κ2) is 12.9. The van der Waals surface area contributed by atoms with Crippen LogP contribution in [0.5, 0.6) is 5.75 Å². The van der Waals surface area contributed by atoms with Gasteiger partial charge in [0, 0.05) is 16.4 Å². The number of hydrogen-bond donors (Lipinski definition) is 2. The maximum Gasteiger partial charge on any atom is 0.337 e. The van der Waals surface area contributed by atoms with Gasteiger partial charge >= 0.3 is 5.97 Å². The van der Waals surface area contributed by atoms with E-state index in [9.17, 15) is 14.9 Å². The summed E-state index contributed by atoms with van der Waals surface area (Å²) in [5, 5.41) is 17.1. The highest BCUT2D eigenvalue weighted by Crippen LogP contribution is 2.41. The van der Waals surface area contributed by atoms with E-state index >= 15 is 0 Å². The number of thioether (sulfide) groups is 1. The van der Waals surface area contributed by atoms with Gasteiger partial charge in [0.2, 0.25) is 5.91 Å². The van der Waals surface area contributed by atoms with Gasteiger partial charge in [0.15, 0.2) is 0 Å². The lowest BCUT2D eigenvalue weighted by atomic mass is 9.82.